The number of thiophene rings is 1. The number of fused-ring (bicyclic) bond motifs is 3. The van der Waals surface area contributed by atoms with Crippen LogP contribution in [-0.2, 0) is 24.7 Å². The van der Waals surface area contributed by atoms with Gasteiger partial charge < -0.3 is 10.1 Å². The monoisotopic (exact) mass is 443 g/mol. The third kappa shape index (κ3) is 4.25. The number of aromatic nitrogens is 2. The van der Waals surface area contributed by atoms with Crippen LogP contribution in [0.4, 0.5) is 5.69 Å². The Hall–Kier alpha value is -2.32. The van der Waals surface area contributed by atoms with E-state index in [1.165, 1.54) is 28.6 Å². The van der Waals surface area contributed by atoms with E-state index in [0.717, 1.165) is 29.5 Å². The molecule has 0 saturated heterocycles. The number of para-hydroxylation sites is 2. The van der Waals surface area contributed by atoms with Crippen LogP contribution in [-0.4, -0.2) is 27.3 Å². The maximum atomic E-state index is 13.0. The number of aryl methyl sites for hydroxylation is 2. The molecule has 6 nitrogen and oxygen atoms in total. The molecule has 0 atom stereocenters. The summed E-state index contributed by atoms with van der Waals surface area (Å²) in [6, 6.07) is 7.38. The van der Waals surface area contributed by atoms with E-state index in [-0.39, 0.29) is 23.3 Å². The second kappa shape index (κ2) is 8.81. The highest BCUT2D eigenvalue weighted by Crippen LogP contribution is 2.34. The van der Waals surface area contributed by atoms with Crippen molar-refractivity contribution >= 4 is 44.9 Å². The van der Waals surface area contributed by atoms with Gasteiger partial charge in [-0.3, -0.25) is 14.2 Å². The average molecular weight is 444 g/mol. The molecule has 2 aromatic heterocycles. The van der Waals surface area contributed by atoms with Crippen molar-refractivity contribution in [2.45, 2.75) is 50.8 Å². The number of amides is 1. The molecule has 158 valence electrons. The van der Waals surface area contributed by atoms with Gasteiger partial charge in [-0.2, -0.15) is 0 Å². The van der Waals surface area contributed by atoms with Gasteiger partial charge in [-0.05, 0) is 57.2 Å². The fourth-order valence-electron chi connectivity index (χ4n) is 3.64. The number of anilines is 1. The van der Waals surface area contributed by atoms with Crippen LogP contribution in [0, 0.1) is 0 Å². The van der Waals surface area contributed by atoms with Gasteiger partial charge >= 0.3 is 0 Å². The Bertz CT molecular complexity index is 1150. The van der Waals surface area contributed by atoms with Gasteiger partial charge in [-0.1, -0.05) is 23.9 Å². The van der Waals surface area contributed by atoms with Gasteiger partial charge in [0, 0.05) is 11.9 Å². The maximum Gasteiger partial charge on any atom is 0.262 e. The van der Waals surface area contributed by atoms with Crippen LogP contribution < -0.4 is 15.6 Å². The fraction of sp³-hybridized carbons (Fsp3) is 0.409. The summed E-state index contributed by atoms with van der Waals surface area (Å²) < 4.78 is 7.32. The van der Waals surface area contributed by atoms with Crippen molar-refractivity contribution in [2.24, 2.45) is 7.05 Å². The summed E-state index contributed by atoms with van der Waals surface area (Å²) in [5.74, 6) is 0.633. The number of carbonyl (C=O) groups excluding carboxylic acids is 1. The molecule has 1 aromatic carbocycles. The number of nitrogens with one attached hydrogen (secondary N) is 1. The molecule has 0 fully saturated rings. The fourth-order valence-corrected chi connectivity index (χ4v) is 5.71. The first-order valence-corrected chi connectivity index (χ1v) is 11.9. The average Bonchev–Trinajstić information content (AvgIpc) is 3.09. The van der Waals surface area contributed by atoms with Crippen LogP contribution in [0.3, 0.4) is 0 Å². The molecule has 1 aliphatic carbocycles. The summed E-state index contributed by atoms with van der Waals surface area (Å²) in [7, 11) is 1.73. The highest BCUT2D eigenvalue weighted by atomic mass is 32.2. The van der Waals surface area contributed by atoms with Crippen LogP contribution in [0.2, 0.25) is 0 Å². The number of thioether (sulfide) groups is 1. The van der Waals surface area contributed by atoms with Gasteiger partial charge in [0.1, 0.15) is 10.6 Å². The summed E-state index contributed by atoms with van der Waals surface area (Å²) >= 11 is 2.90. The molecule has 0 unspecified atom stereocenters. The molecule has 0 bridgehead atoms. The predicted molar refractivity (Wildman–Crippen MR) is 123 cm³/mol. The van der Waals surface area contributed by atoms with Gasteiger partial charge in [-0.15, -0.1) is 11.3 Å². The first kappa shape index (κ1) is 20.9. The Morgan fingerprint density at radius 3 is 2.87 bits per heavy atom. The highest BCUT2D eigenvalue weighted by Gasteiger charge is 2.21. The molecule has 1 N–H and O–H groups in total. The molecular weight excluding hydrogens is 418 g/mol. The van der Waals surface area contributed by atoms with Gasteiger partial charge in [0.25, 0.3) is 5.56 Å². The van der Waals surface area contributed by atoms with Gasteiger partial charge in [0.15, 0.2) is 5.16 Å². The molecule has 0 aliphatic heterocycles. The molecule has 3 aromatic rings. The van der Waals surface area contributed by atoms with Crippen LogP contribution in [0.1, 0.15) is 37.1 Å². The first-order chi connectivity index (χ1) is 14.4. The quantitative estimate of drug-likeness (QED) is 0.452. The van der Waals surface area contributed by atoms with E-state index in [4.69, 9.17) is 9.72 Å². The lowest BCUT2D eigenvalue weighted by Gasteiger charge is -2.14. The maximum absolute atomic E-state index is 13.0. The first-order valence-electron chi connectivity index (χ1n) is 10.1. The molecule has 2 heterocycles. The second-order valence-corrected chi connectivity index (χ2v) is 9.68. The van der Waals surface area contributed by atoms with E-state index in [9.17, 15) is 9.59 Å². The Morgan fingerprint density at radius 1 is 1.30 bits per heavy atom. The molecule has 0 spiro atoms. The summed E-state index contributed by atoms with van der Waals surface area (Å²) in [5, 5.41) is 4.23. The van der Waals surface area contributed by atoms with E-state index in [1.807, 2.05) is 38.1 Å². The third-order valence-electron chi connectivity index (χ3n) is 5.01. The lowest BCUT2D eigenvalue weighted by atomic mass is 9.97. The van der Waals surface area contributed by atoms with Crippen molar-refractivity contribution in [3.05, 3.63) is 45.1 Å². The normalized spacial score (nSPS) is 13.5. The summed E-state index contributed by atoms with van der Waals surface area (Å²) in [4.78, 5) is 32.3. The van der Waals surface area contributed by atoms with Crippen molar-refractivity contribution in [3.8, 4) is 5.75 Å². The summed E-state index contributed by atoms with van der Waals surface area (Å²) in [5.41, 5.74) is 1.81. The molecule has 0 saturated carbocycles. The number of nitrogens with zero attached hydrogens (tertiary/aromatic N) is 2. The molecule has 1 aliphatic rings. The minimum Gasteiger partial charge on any atom is -0.489 e. The van der Waals surface area contributed by atoms with Gasteiger partial charge in [0.05, 0.1) is 22.9 Å². The predicted octanol–water partition coefficient (Wildman–Crippen LogP) is 4.39. The molecule has 0 radical (unpaired) electrons. The number of rotatable bonds is 6. The van der Waals surface area contributed by atoms with Crippen LogP contribution in [0.15, 0.2) is 34.2 Å². The molecule has 30 heavy (non-hydrogen) atoms. The number of ether oxygens (including phenoxy) is 1. The van der Waals surface area contributed by atoms with E-state index in [0.29, 0.717) is 16.6 Å². The zero-order valence-corrected chi connectivity index (χ0v) is 19.0. The van der Waals surface area contributed by atoms with Gasteiger partial charge in [-0.25, -0.2) is 4.98 Å². The van der Waals surface area contributed by atoms with Crippen molar-refractivity contribution in [2.75, 3.05) is 11.1 Å². The SMILES string of the molecule is CC(C)Oc1ccccc1NC(=O)CSc1nc2sc3c(c2c(=O)n1C)CCCC3. The Balaban J connectivity index is 1.51. The highest BCUT2D eigenvalue weighted by molar-refractivity contribution is 7.99. The zero-order valence-electron chi connectivity index (χ0n) is 17.4. The third-order valence-corrected chi connectivity index (χ3v) is 7.23. The second-order valence-electron chi connectivity index (χ2n) is 7.65. The van der Waals surface area contributed by atoms with Crippen LogP contribution in [0.25, 0.3) is 10.2 Å². The molecule has 8 heteroatoms. The minimum absolute atomic E-state index is 0.0134. The van der Waals surface area contributed by atoms with Crippen molar-refractivity contribution in [1.29, 1.82) is 0 Å². The zero-order chi connectivity index (χ0) is 21.3. The van der Waals surface area contributed by atoms with Gasteiger partial charge in [0.2, 0.25) is 5.91 Å². The smallest absolute Gasteiger partial charge is 0.262 e. The number of hydrogen-bond donors (Lipinski definition) is 1. The largest absolute Gasteiger partial charge is 0.489 e. The van der Waals surface area contributed by atoms with Crippen molar-refractivity contribution in [3.63, 3.8) is 0 Å². The lowest BCUT2D eigenvalue weighted by Crippen LogP contribution is -2.22. The van der Waals surface area contributed by atoms with Crippen LogP contribution in [0.5, 0.6) is 5.75 Å². The van der Waals surface area contributed by atoms with E-state index in [2.05, 4.69) is 5.32 Å². The number of carbonyl (C=O) groups is 1. The molecule has 1 amide bonds. The van der Waals surface area contributed by atoms with E-state index < -0.39 is 0 Å². The summed E-state index contributed by atoms with van der Waals surface area (Å²) in [6.07, 6.45) is 4.30. The Morgan fingerprint density at radius 2 is 2.07 bits per heavy atom. The lowest BCUT2D eigenvalue weighted by molar-refractivity contribution is -0.113. The van der Waals surface area contributed by atoms with E-state index >= 15 is 0 Å². The topological polar surface area (TPSA) is 73.2 Å². The minimum atomic E-state index is -0.167. The standard InChI is InChI=1S/C22H25N3O3S2/c1-13(2)28-16-10-6-5-9-15(16)23-18(26)12-29-22-24-20-19(21(27)25(22)3)14-8-4-7-11-17(14)30-20/h5-6,9-10,13H,4,7-8,11-12H2,1-3H3,(H,23,26). The summed E-state index contributed by atoms with van der Waals surface area (Å²) in [6.45, 7) is 3.89. The van der Waals surface area contributed by atoms with Crippen molar-refractivity contribution < 1.29 is 9.53 Å². The molecular formula is C22H25N3O3S2. The van der Waals surface area contributed by atoms with Crippen molar-refractivity contribution in [1.82, 2.24) is 9.55 Å². The Labute approximate surface area is 183 Å². The molecule has 4 rings (SSSR count). The Kier molecular flexibility index (Phi) is 6.15. The number of hydrogen-bond acceptors (Lipinski definition) is 6. The number of benzene rings is 1. The van der Waals surface area contributed by atoms with E-state index in [1.54, 1.807) is 23.0 Å². The van der Waals surface area contributed by atoms with Crippen LogP contribution >= 0.6 is 23.1 Å².